The summed E-state index contributed by atoms with van der Waals surface area (Å²) in [5.74, 6) is 1.19. The molecule has 1 aliphatic carbocycles. The van der Waals surface area contributed by atoms with Crippen LogP contribution in [0, 0.1) is 11.8 Å². The van der Waals surface area contributed by atoms with E-state index in [2.05, 4.69) is 21.2 Å². The molecule has 2 atom stereocenters. The van der Waals surface area contributed by atoms with Crippen LogP contribution < -0.4 is 5.32 Å². The molecule has 2 unspecified atom stereocenters. The number of nitrogens with zero attached hydrogens (tertiary/aromatic N) is 1. The normalized spacial score (nSPS) is 31.0. The van der Waals surface area contributed by atoms with E-state index in [4.69, 9.17) is 0 Å². The SMILES string of the molecule is O=S1(=O)c2ccc(Br)cc2CN1C1CCCCC1C1CCNCC1. The van der Waals surface area contributed by atoms with E-state index in [0.29, 0.717) is 23.3 Å². The number of hydrogen-bond acceptors (Lipinski definition) is 3. The van der Waals surface area contributed by atoms with Gasteiger partial charge >= 0.3 is 0 Å². The van der Waals surface area contributed by atoms with E-state index in [1.807, 2.05) is 16.4 Å². The lowest BCUT2D eigenvalue weighted by Gasteiger charge is -2.42. The minimum absolute atomic E-state index is 0.179. The van der Waals surface area contributed by atoms with Crippen LogP contribution in [0.15, 0.2) is 27.6 Å². The molecule has 4 nitrogen and oxygen atoms in total. The maximum absolute atomic E-state index is 13.1. The summed E-state index contributed by atoms with van der Waals surface area (Å²) in [4.78, 5) is 0.514. The fraction of sp³-hybridized carbons (Fsp3) is 0.667. The number of piperidine rings is 1. The number of halogens is 1. The van der Waals surface area contributed by atoms with E-state index in [-0.39, 0.29) is 6.04 Å². The van der Waals surface area contributed by atoms with Crippen molar-refractivity contribution in [1.82, 2.24) is 9.62 Å². The zero-order chi connectivity index (χ0) is 16.7. The Labute approximate surface area is 153 Å². The highest BCUT2D eigenvalue weighted by Gasteiger charge is 2.44. The van der Waals surface area contributed by atoms with E-state index in [1.54, 1.807) is 6.07 Å². The van der Waals surface area contributed by atoms with Crippen molar-refractivity contribution in [2.45, 2.75) is 56.0 Å². The Balaban J connectivity index is 1.64. The first-order chi connectivity index (χ1) is 11.6. The van der Waals surface area contributed by atoms with Gasteiger partial charge in [0.15, 0.2) is 0 Å². The van der Waals surface area contributed by atoms with E-state index in [0.717, 1.165) is 36.0 Å². The van der Waals surface area contributed by atoms with Gasteiger partial charge < -0.3 is 5.32 Å². The fourth-order valence-corrected chi connectivity index (χ4v) is 7.20. The summed E-state index contributed by atoms with van der Waals surface area (Å²) in [6.45, 7) is 2.70. The Morgan fingerprint density at radius 3 is 2.62 bits per heavy atom. The summed E-state index contributed by atoms with van der Waals surface area (Å²) < 4.78 is 29.0. The second kappa shape index (κ2) is 6.71. The monoisotopic (exact) mass is 412 g/mol. The van der Waals surface area contributed by atoms with Crippen molar-refractivity contribution in [3.8, 4) is 0 Å². The minimum Gasteiger partial charge on any atom is -0.317 e. The summed E-state index contributed by atoms with van der Waals surface area (Å²) in [7, 11) is -3.34. The first-order valence-electron chi connectivity index (χ1n) is 9.08. The second-order valence-corrected chi connectivity index (χ2v) is 10.2. The van der Waals surface area contributed by atoms with Crippen molar-refractivity contribution < 1.29 is 8.42 Å². The molecule has 2 aliphatic heterocycles. The van der Waals surface area contributed by atoms with Gasteiger partial charge in [-0.2, -0.15) is 4.31 Å². The van der Waals surface area contributed by atoms with Crippen LogP contribution >= 0.6 is 15.9 Å². The molecule has 1 saturated carbocycles. The van der Waals surface area contributed by atoms with Crippen LogP contribution in [0.4, 0.5) is 0 Å². The molecule has 0 spiro atoms. The molecule has 3 aliphatic rings. The van der Waals surface area contributed by atoms with Crippen molar-refractivity contribution in [2.75, 3.05) is 13.1 Å². The molecule has 1 N–H and O–H groups in total. The average molecular weight is 413 g/mol. The minimum atomic E-state index is -3.34. The van der Waals surface area contributed by atoms with Crippen LogP contribution in [-0.4, -0.2) is 31.9 Å². The summed E-state index contributed by atoms with van der Waals surface area (Å²) in [6.07, 6.45) is 6.97. The van der Waals surface area contributed by atoms with Crippen molar-refractivity contribution in [3.05, 3.63) is 28.2 Å². The van der Waals surface area contributed by atoms with Crippen molar-refractivity contribution >= 4 is 26.0 Å². The molecule has 4 rings (SSSR count). The summed E-state index contributed by atoms with van der Waals surface area (Å²) >= 11 is 3.47. The maximum atomic E-state index is 13.1. The molecule has 0 aromatic heterocycles. The molecule has 0 amide bonds. The summed E-state index contributed by atoms with van der Waals surface area (Å²) in [5.41, 5.74) is 0.944. The Morgan fingerprint density at radius 1 is 1.08 bits per heavy atom. The Hall–Kier alpha value is -0.430. The van der Waals surface area contributed by atoms with Gasteiger partial charge in [0.1, 0.15) is 0 Å². The van der Waals surface area contributed by atoms with Gasteiger partial charge in [-0.3, -0.25) is 0 Å². The van der Waals surface area contributed by atoms with Crippen molar-refractivity contribution in [3.63, 3.8) is 0 Å². The van der Waals surface area contributed by atoms with Crippen molar-refractivity contribution in [2.24, 2.45) is 11.8 Å². The molecule has 2 heterocycles. The van der Waals surface area contributed by atoms with Crippen LogP contribution in [0.5, 0.6) is 0 Å². The average Bonchev–Trinajstić information content (AvgIpc) is 2.86. The van der Waals surface area contributed by atoms with Gasteiger partial charge in [0.05, 0.1) is 4.90 Å². The molecule has 1 saturated heterocycles. The summed E-state index contributed by atoms with van der Waals surface area (Å²) in [5, 5.41) is 3.44. The van der Waals surface area contributed by atoms with Gasteiger partial charge in [-0.15, -0.1) is 0 Å². The third-order valence-electron chi connectivity index (χ3n) is 6.08. The highest BCUT2D eigenvalue weighted by atomic mass is 79.9. The predicted octanol–water partition coefficient (Wildman–Crippen LogP) is 3.51. The second-order valence-electron chi connectivity index (χ2n) is 7.41. The largest absolute Gasteiger partial charge is 0.317 e. The van der Waals surface area contributed by atoms with Gasteiger partial charge in [-0.1, -0.05) is 28.8 Å². The first kappa shape index (κ1) is 17.0. The van der Waals surface area contributed by atoms with Gasteiger partial charge in [-0.05, 0) is 74.4 Å². The van der Waals surface area contributed by atoms with Gasteiger partial charge in [0, 0.05) is 17.1 Å². The van der Waals surface area contributed by atoms with Gasteiger partial charge in [-0.25, -0.2) is 8.42 Å². The molecule has 132 valence electrons. The third-order valence-corrected chi connectivity index (χ3v) is 8.54. The Kier molecular flexibility index (Phi) is 4.75. The number of nitrogens with one attached hydrogen (secondary N) is 1. The lowest BCUT2D eigenvalue weighted by molar-refractivity contribution is 0.108. The Morgan fingerprint density at radius 2 is 1.83 bits per heavy atom. The van der Waals surface area contributed by atoms with Crippen LogP contribution in [0.25, 0.3) is 0 Å². The number of benzene rings is 1. The number of hydrogen-bond donors (Lipinski definition) is 1. The lowest BCUT2D eigenvalue weighted by atomic mass is 9.73. The quantitative estimate of drug-likeness (QED) is 0.808. The van der Waals surface area contributed by atoms with Crippen LogP contribution in [0.3, 0.4) is 0 Å². The summed E-state index contributed by atoms with van der Waals surface area (Å²) in [6, 6.07) is 5.75. The predicted molar refractivity (Wildman–Crippen MR) is 98.2 cm³/mol. The standard InChI is InChI=1S/C18H25BrN2O2S/c19-15-5-6-18-14(11-15)12-21(24(18,22)23)17-4-2-1-3-16(17)13-7-9-20-10-8-13/h5-6,11,13,16-17,20H,1-4,7-10,12H2. The van der Waals surface area contributed by atoms with E-state index in [1.165, 1.54) is 25.7 Å². The number of rotatable bonds is 2. The van der Waals surface area contributed by atoms with Gasteiger partial charge in [0.25, 0.3) is 0 Å². The Bertz CT molecular complexity index is 716. The maximum Gasteiger partial charge on any atom is 0.243 e. The van der Waals surface area contributed by atoms with Crippen LogP contribution in [0.2, 0.25) is 0 Å². The highest BCUT2D eigenvalue weighted by molar-refractivity contribution is 9.10. The molecular formula is C18H25BrN2O2S. The van der Waals surface area contributed by atoms with Crippen LogP contribution in [-0.2, 0) is 16.6 Å². The molecule has 1 aromatic rings. The number of fused-ring (bicyclic) bond motifs is 1. The molecule has 24 heavy (non-hydrogen) atoms. The molecule has 1 aromatic carbocycles. The molecule has 6 heteroatoms. The van der Waals surface area contributed by atoms with E-state index in [9.17, 15) is 8.42 Å². The third kappa shape index (κ3) is 2.96. The van der Waals surface area contributed by atoms with Crippen LogP contribution in [0.1, 0.15) is 44.1 Å². The zero-order valence-electron chi connectivity index (χ0n) is 13.9. The smallest absolute Gasteiger partial charge is 0.243 e. The number of sulfonamides is 1. The van der Waals surface area contributed by atoms with E-state index >= 15 is 0 Å². The molecule has 2 fully saturated rings. The first-order valence-corrected chi connectivity index (χ1v) is 11.3. The van der Waals surface area contributed by atoms with E-state index < -0.39 is 10.0 Å². The fourth-order valence-electron chi connectivity index (χ4n) is 4.92. The lowest BCUT2D eigenvalue weighted by Crippen LogP contribution is -2.47. The topological polar surface area (TPSA) is 49.4 Å². The molecule has 0 bridgehead atoms. The van der Waals surface area contributed by atoms with Crippen molar-refractivity contribution in [1.29, 1.82) is 0 Å². The zero-order valence-corrected chi connectivity index (χ0v) is 16.3. The highest BCUT2D eigenvalue weighted by Crippen LogP contribution is 2.43. The van der Waals surface area contributed by atoms with Gasteiger partial charge in [0.2, 0.25) is 10.0 Å². The molecule has 0 radical (unpaired) electrons. The molecular weight excluding hydrogens is 388 g/mol.